The lowest BCUT2D eigenvalue weighted by molar-refractivity contribution is -0.179. The van der Waals surface area contributed by atoms with E-state index in [0.29, 0.717) is 12.0 Å². The van der Waals surface area contributed by atoms with Crippen LogP contribution < -0.4 is 0 Å². The number of rotatable bonds is 5. The van der Waals surface area contributed by atoms with Gasteiger partial charge in [-0.3, -0.25) is 4.79 Å². The van der Waals surface area contributed by atoms with Gasteiger partial charge in [0, 0.05) is 12.0 Å². The number of esters is 1. The van der Waals surface area contributed by atoms with Gasteiger partial charge in [-0.15, -0.1) is 0 Å². The van der Waals surface area contributed by atoms with Crippen LogP contribution in [0.25, 0.3) is 0 Å². The Morgan fingerprint density at radius 3 is 2.26 bits per heavy atom. The monoisotopic (exact) mass is 266 g/mol. The van der Waals surface area contributed by atoms with Gasteiger partial charge in [0.25, 0.3) is 0 Å². The van der Waals surface area contributed by atoms with Crippen LogP contribution in [0.3, 0.4) is 0 Å². The van der Waals surface area contributed by atoms with Crippen molar-refractivity contribution in [3.8, 4) is 0 Å². The first-order valence-electron chi connectivity index (χ1n) is 6.41. The van der Waals surface area contributed by atoms with Crippen LogP contribution in [0.5, 0.6) is 0 Å². The van der Waals surface area contributed by atoms with Gasteiger partial charge >= 0.3 is 5.97 Å². The molecule has 0 atom stereocenters. The van der Waals surface area contributed by atoms with Crippen LogP contribution in [0.2, 0.25) is 0 Å². The van der Waals surface area contributed by atoms with Crippen LogP contribution in [0.4, 0.5) is 0 Å². The molecule has 0 aliphatic rings. The van der Waals surface area contributed by atoms with Crippen LogP contribution in [-0.4, -0.2) is 22.8 Å². The molecule has 2 N–H and O–H groups in total. The summed E-state index contributed by atoms with van der Waals surface area (Å²) in [7, 11) is 0. The first-order chi connectivity index (χ1) is 8.73. The van der Waals surface area contributed by atoms with Crippen molar-refractivity contribution >= 4 is 5.97 Å². The number of aliphatic hydroxyl groups is 2. The Kier molecular flexibility index (Phi) is 5.09. The highest BCUT2D eigenvalue weighted by molar-refractivity contribution is 5.75. The summed E-state index contributed by atoms with van der Waals surface area (Å²) in [4.78, 5) is 11.5. The third kappa shape index (κ3) is 5.01. The zero-order valence-corrected chi connectivity index (χ0v) is 11.7. The van der Waals surface area contributed by atoms with Crippen LogP contribution in [0, 0.1) is 5.41 Å². The Bertz CT molecular complexity index is 404. The Balaban J connectivity index is 2.39. The van der Waals surface area contributed by atoms with E-state index in [4.69, 9.17) is 4.74 Å². The van der Waals surface area contributed by atoms with Crippen molar-refractivity contribution in [2.45, 2.75) is 39.4 Å². The van der Waals surface area contributed by atoms with Gasteiger partial charge in [-0.05, 0) is 27.2 Å². The summed E-state index contributed by atoms with van der Waals surface area (Å²) in [6.45, 7) is 5.52. The average molecular weight is 266 g/mol. The topological polar surface area (TPSA) is 66.8 Å². The summed E-state index contributed by atoms with van der Waals surface area (Å²) in [6.07, 6.45) is 0.512. The normalized spacial score (nSPS) is 12.3. The predicted molar refractivity (Wildman–Crippen MR) is 72.2 cm³/mol. The zero-order valence-electron chi connectivity index (χ0n) is 11.7. The molecule has 4 nitrogen and oxygen atoms in total. The van der Waals surface area contributed by atoms with Crippen LogP contribution in [-0.2, 0) is 15.3 Å². The molecule has 106 valence electrons. The summed E-state index contributed by atoms with van der Waals surface area (Å²) >= 11 is 0. The number of ether oxygens (including phenoxy) is 1. The molecule has 0 radical (unpaired) electrons. The third-order valence-electron chi connectivity index (χ3n) is 2.75. The fraction of sp³-hybridized carbons (Fsp3) is 0.533. The Morgan fingerprint density at radius 2 is 1.74 bits per heavy atom. The molecule has 0 saturated carbocycles. The highest BCUT2D eigenvalue weighted by atomic mass is 16.5. The van der Waals surface area contributed by atoms with Gasteiger partial charge in [-0.25, -0.2) is 0 Å². The van der Waals surface area contributed by atoms with Crippen LogP contribution in [0.1, 0.15) is 39.2 Å². The fourth-order valence-corrected chi connectivity index (χ4v) is 1.55. The summed E-state index contributed by atoms with van der Waals surface area (Å²) < 4.78 is 5.08. The maximum Gasteiger partial charge on any atom is 0.311 e. The van der Waals surface area contributed by atoms with Gasteiger partial charge in [-0.1, -0.05) is 30.3 Å². The van der Waals surface area contributed by atoms with E-state index in [9.17, 15) is 15.0 Å². The molecule has 19 heavy (non-hydrogen) atoms. The minimum atomic E-state index is -1.88. The average Bonchev–Trinajstić information content (AvgIpc) is 2.34. The second-order valence-corrected chi connectivity index (χ2v) is 5.67. The zero-order chi connectivity index (χ0) is 14.5. The summed E-state index contributed by atoms with van der Waals surface area (Å²) in [5, 5.41) is 19.9. The smallest absolute Gasteiger partial charge is 0.311 e. The molecule has 1 aromatic carbocycles. The maximum atomic E-state index is 11.5. The summed E-state index contributed by atoms with van der Waals surface area (Å²) in [5.74, 6) is -2.16. The van der Waals surface area contributed by atoms with Gasteiger partial charge in [0.1, 0.15) is 0 Å². The molecule has 0 spiro atoms. The lowest BCUT2D eigenvalue weighted by Gasteiger charge is -2.22. The number of carbonyl (C=O) groups is 1. The van der Waals surface area contributed by atoms with E-state index in [1.54, 1.807) is 45.0 Å². The number of benzene rings is 1. The van der Waals surface area contributed by atoms with Crippen molar-refractivity contribution < 1.29 is 19.7 Å². The first-order valence-corrected chi connectivity index (χ1v) is 6.41. The molecular formula is C15H22O4. The molecule has 0 aliphatic heterocycles. The van der Waals surface area contributed by atoms with Crippen molar-refractivity contribution in [1.82, 2.24) is 0 Å². The highest BCUT2D eigenvalue weighted by Gasteiger charge is 2.26. The van der Waals surface area contributed by atoms with Gasteiger partial charge in [0.15, 0.2) is 5.79 Å². The molecule has 0 heterocycles. The van der Waals surface area contributed by atoms with Crippen LogP contribution >= 0.6 is 0 Å². The molecule has 0 bridgehead atoms. The largest absolute Gasteiger partial charge is 0.465 e. The Hall–Kier alpha value is -1.39. The minimum absolute atomic E-state index is 0.119. The molecule has 1 aromatic rings. The molecule has 0 unspecified atom stereocenters. The summed E-state index contributed by atoms with van der Waals surface area (Å²) in [6, 6.07) is 8.61. The van der Waals surface area contributed by atoms with Gasteiger partial charge in [-0.2, -0.15) is 0 Å². The van der Waals surface area contributed by atoms with Crippen molar-refractivity contribution in [3.05, 3.63) is 35.9 Å². The predicted octanol–water partition coefficient (Wildman–Crippen LogP) is 2.19. The van der Waals surface area contributed by atoms with Crippen molar-refractivity contribution in [2.75, 3.05) is 6.61 Å². The maximum absolute atomic E-state index is 11.5. The highest BCUT2D eigenvalue weighted by Crippen LogP contribution is 2.23. The number of hydrogen-bond acceptors (Lipinski definition) is 4. The molecule has 0 saturated heterocycles. The van der Waals surface area contributed by atoms with Gasteiger partial charge in [0.05, 0.1) is 12.0 Å². The fourth-order valence-electron chi connectivity index (χ4n) is 1.55. The molecule has 0 aromatic heterocycles. The van der Waals surface area contributed by atoms with Crippen molar-refractivity contribution in [1.29, 1.82) is 0 Å². The van der Waals surface area contributed by atoms with E-state index in [1.165, 1.54) is 0 Å². The molecular weight excluding hydrogens is 244 g/mol. The first kappa shape index (κ1) is 15.7. The van der Waals surface area contributed by atoms with Crippen molar-refractivity contribution in [3.63, 3.8) is 0 Å². The lowest BCUT2D eigenvalue weighted by Crippen LogP contribution is -2.27. The van der Waals surface area contributed by atoms with E-state index < -0.39 is 11.2 Å². The van der Waals surface area contributed by atoms with E-state index in [1.807, 2.05) is 6.07 Å². The molecule has 4 heteroatoms. The van der Waals surface area contributed by atoms with E-state index in [-0.39, 0.29) is 19.0 Å². The van der Waals surface area contributed by atoms with E-state index >= 15 is 0 Å². The van der Waals surface area contributed by atoms with E-state index in [2.05, 4.69) is 0 Å². The van der Waals surface area contributed by atoms with Gasteiger partial charge in [0.2, 0.25) is 0 Å². The number of carbonyl (C=O) groups excluding carboxylic acids is 1. The molecule has 0 amide bonds. The molecule has 1 rings (SSSR count). The second kappa shape index (κ2) is 6.17. The molecule has 0 fully saturated rings. The van der Waals surface area contributed by atoms with Crippen molar-refractivity contribution in [2.24, 2.45) is 5.41 Å². The minimum Gasteiger partial charge on any atom is -0.465 e. The van der Waals surface area contributed by atoms with E-state index in [0.717, 1.165) is 0 Å². The quantitative estimate of drug-likeness (QED) is 0.487. The second-order valence-electron chi connectivity index (χ2n) is 5.67. The number of hydrogen-bond donors (Lipinski definition) is 2. The Labute approximate surface area is 114 Å². The van der Waals surface area contributed by atoms with Gasteiger partial charge < -0.3 is 14.9 Å². The van der Waals surface area contributed by atoms with Crippen LogP contribution in [0.15, 0.2) is 30.3 Å². The Morgan fingerprint density at radius 1 is 1.16 bits per heavy atom. The standard InChI is InChI=1S/C15H22O4/c1-14(2,3)13(16)19-11-7-10-15(17,18)12-8-5-4-6-9-12/h4-6,8-9,17-18H,7,10-11H2,1-3H3. The molecule has 0 aliphatic carbocycles. The SMILES string of the molecule is CC(C)(C)C(=O)OCCCC(O)(O)c1ccccc1. The third-order valence-corrected chi connectivity index (χ3v) is 2.75. The summed E-state index contributed by atoms with van der Waals surface area (Å²) in [5.41, 5.74) is -0.0910. The lowest BCUT2D eigenvalue weighted by atomic mass is 9.97.